The molecule has 0 radical (unpaired) electrons. The second-order valence-electron chi connectivity index (χ2n) is 5.32. The van der Waals surface area contributed by atoms with Crippen LogP contribution < -0.4 is 0 Å². The van der Waals surface area contributed by atoms with Gasteiger partial charge in [-0.2, -0.15) is 0 Å². The van der Waals surface area contributed by atoms with Gasteiger partial charge in [0.15, 0.2) is 0 Å². The van der Waals surface area contributed by atoms with Crippen molar-refractivity contribution in [3.63, 3.8) is 0 Å². The smallest absolute Gasteiger partial charge is 0.330 e. The molecule has 114 valence electrons. The average Bonchev–Trinajstić information content (AvgIpc) is 2.37. The topological polar surface area (TPSA) is 26.3 Å². The summed E-state index contributed by atoms with van der Waals surface area (Å²) in [5, 5.41) is 0. The van der Waals surface area contributed by atoms with Crippen LogP contribution in [-0.4, -0.2) is 12.6 Å². The Morgan fingerprint density at radius 3 is 2.20 bits per heavy atom. The second-order valence-corrected chi connectivity index (χ2v) is 5.32. The van der Waals surface area contributed by atoms with Crippen LogP contribution in [-0.2, 0) is 9.53 Å². The van der Waals surface area contributed by atoms with Gasteiger partial charge >= 0.3 is 5.97 Å². The van der Waals surface area contributed by atoms with Crippen LogP contribution in [0.1, 0.15) is 66.7 Å². The predicted octanol–water partition coefficient (Wildman–Crippen LogP) is 5.36. The largest absolute Gasteiger partial charge is 0.463 e. The Kier molecular flexibility index (Phi) is 10.8. The summed E-state index contributed by atoms with van der Waals surface area (Å²) < 4.78 is 4.94. The van der Waals surface area contributed by atoms with Crippen molar-refractivity contribution in [1.82, 2.24) is 0 Å². The standard InChI is InChI=1S/C18H30O2/c1-6-17(14-18(19)20-7-2)13-9-12-16(5)11-8-10-15(3)4/h10,12,14H,6-9,11,13H2,1-5H3. The van der Waals surface area contributed by atoms with E-state index in [9.17, 15) is 4.79 Å². The minimum atomic E-state index is -0.214. The Morgan fingerprint density at radius 2 is 1.65 bits per heavy atom. The SMILES string of the molecule is CCOC(=O)C=C(CC)CCC=C(C)CCC=C(C)C. The van der Waals surface area contributed by atoms with E-state index in [1.807, 2.05) is 6.92 Å². The molecular formula is C18H30O2. The molecular weight excluding hydrogens is 248 g/mol. The Bertz CT molecular complexity index is 369. The zero-order valence-electron chi connectivity index (χ0n) is 13.8. The number of allylic oxidation sites excluding steroid dienone is 5. The number of hydrogen-bond acceptors (Lipinski definition) is 2. The van der Waals surface area contributed by atoms with E-state index in [4.69, 9.17) is 4.74 Å². The van der Waals surface area contributed by atoms with E-state index in [-0.39, 0.29) is 5.97 Å². The lowest BCUT2D eigenvalue weighted by molar-refractivity contribution is -0.137. The van der Waals surface area contributed by atoms with Gasteiger partial charge in [0, 0.05) is 6.08 Å². The quantitative estimate of drug-likeness (QED) is 0.322. The van der Waals surface area contributed by atoms with Gasteiger partial charge in [-0.15, -0.1) is 0 Å². The van der Waals surface area contributed by atoms with Gasteiger partial charge in [0.2, 0.25) is 0 Å². The highest BCUT2D eigenvalue weighted by atomic mass is 16.5. The molecule has 0 aromatic rings. The molecule has 2 nitrogen and oxygen atoms in total. The fourth-order valence-electron chi connectivity index (χ4n) is 1.90. The van der Waals surface area contributed by atoms with Gasteiger partial charge in [-0.25, -0.2) is 4.79 Å². The molecule has 0 fully saturated rings. The highest BCUT2D eigenvalue weighted by molar-refractivity contribution is 5.82. The highest BCUT2D eigenvalue weighted by Gasteiger charge is 2.00. The van der Waals surface area contributed by atoms with Crippen molar-refractivity contribution < 1.29 is 9.53 Å². The number of carbonyl (C=O) groups excluding carboxylic acids is 1. The molecule has 0 unspecified atom stereocenters. The van der Waals surface area contributed by atoms with Crippen molar-refractivity contribution in [2.45, 2.75) is 66.7 Å². The van der Waals surface area contributed by atoms with Crippen molar-refractivity contribution in [2.24, 2.45) is 0 Å². The first-order chi connectivity index (χ1) is 9.49. The highest BCUT2D eigenvalue weighted by Crippen LogP contribution is 2.13. The van der Waals surface area contributed by atoms with Crippen molar-refractivity contribution in [3.05, 3.63) is 34.9 Å². The van der Waals surface area contributed by atoms with Gasteiger partial charge in [0.05, 0.1) is 6.61 Å². The molecule has 0 aromatic heterocycles. The Labute approximate surface area is 124 Å². The lowest BCUT2D eigenvalue weighted by Crippen LogP contribution is -2.01. The molecule has 0 amide bonds. The summed E-state index contributed by atoms with van der Waals surface area (Å²) in [6.45, 7) is 10.8. The van der Waals surface area contributed by atoms with Crippen molar-refractivity contribution in [3.8, 4) is 0 Å². The summed E-state index contributed by atoms with van der Waals surface area (Å²) in [6.07, 6.45) is 11.3. The molecule has 0 saturated heterocycles. The lowest BCUT2D eigenvalue weighted by Gasteiger charge is -2.04. The Morgan fingerprint density at radius 1 is 1.00 bits per heavy atom. The maximum absolute atomic E-state index is 11.4. The van der Waals surface area contributed by atoms with E-state index in [2.05, 4.69) is 39.8 Å². The number of ether oxygens (including phenoxy) is 1. The Hall–Kier alpha value is -1.31. The summed E-state index contributed by atoms with van der Waals surface area (Å²) in [6, 6.07) is 0. The first-order valence-corrected chi connectivity index (χ1v) is 7.64. The normalized spacial score (nSPS) is 12.2. The van der Waals surface area contributed by atoms with Gasteiger partial charge in [0.1, 0.15) is 0 Å². The molecule has 0 rings (SSSR count). The molecule has 0 spiro atoms. The molecule has 0 aliphatic rings. The van der Waals surface area contributed by atoms with Gasteiger partial charge in [-0.3, -0.25) is 0 Å². The summed E-state index contributed by atoms with van der Waals surface area (Å²) in [7, 11) is 0. The van der Waals surface area contributed by atoms with Crippen LogP contribution in [0.3, 0.4) is 0 Å². The monoisotopic (exact) mass is 278 g/mol. The zero-order chi connectivity index (χ0) is 15.4. The van der Waals surface area contributed by atoms with Crippen LogP contribution in [0, 0.1) is 0 Å². The third-order valence-electron chi connectivity index (χ3n) is 3.11. The fraction of sp³-hybridized carbons (Fsp3) is 0.611. The van der Waals surface area contributed by atoms with E-state index in [1.165, 1.54) is 11.1 Å². The predicted molar refractivity (Wildman–Crippen MR) is 86.7 cm³/mol. The van der Waals surface area contributed by atoms with Crippen LogP contribution in [0.5, 0.6) is 0 Å². The van der Waals surface area contributed by atoms with Crippen LogP contribution in [0.2, 0.25) is 0 Å². The Balaban J connectivity index is 4.17. The van der Waals surface area contributed by atoms with E-state index in [1.54, 1.807) is 6.08 Å². The molecule has 0 aliphatic heterocycles. The second kappa shape index (κ2) is 11.5. The molecule has 2 heteroatoms. The van der Waals surface area contributed by atoms with Crippen molar-refractivity contribution in [1.29, 1.82) is 0 Å². The number of esters is 1. The van der Waals surface area contributed by atoms with E-state index < -0.39 is 0 Å². The van der Waals surface area contributed by atoms with Crippen LogP contribution >= 0.6 is 0 Å². The minimum absolute atomic E-state index is 0.214. The maximum Gasteiger partial charge on any atom is 0.330 e. The first kappa shape index (κ1) is 18.7. The molecule has 0 bridgehead atoms. The van der Waals surface area contributed by atoms with Crippen molar-refractivity contribution in [2.75, 3.05) is 6.61 Å². The lowest BCUT2D eigenvalue weighted by atomic mass is 10.0. The van der Waals surface area contributed by atoms with Gasteiger partial charge < -0.3 is 4.74 Å². The molecule has 0 aliphatic carbocycles. The molecule has 20 heavy (non-hydrogen) atoms. The van der Waals surface area contributed by atoms with E-state index in [0.717, 1.165) is 37.7 Å². The number of carbonyl (C=O) groups is 1. The van der Waals surface area contributed by atoms with Gasteiger partial charge in [0.25, 0.3) is 0 Å². The fourth-order valence-corrected chi connectivity index (χ4v) is 1.90. The van der Waals surface area contributed by atoms with E-state index in [0.29, 0.717) is 6.61 Å². The molecule has 0 aromatic carbocycles. The van der Waals surface area contributed by atoms with Crippen molar-refractivity contribution >= 4 is 5.97 Å². The molecule has 0 atom stereocenters. The summed E-state index contributed by atoms with van der Waals surface area (Å²) in [4.78, 5) is 11.4. The number of rotatable bonds is 9. The summed E-state index contributed by atoms with van der Waals surface area (Å²) >= 11 is 0. The zero-order valence-corrected chi connectivity index (χ0v) is 13.8. The van der Waals surface area contributed by atoms with Crippen LogP contribution in [0.4, 0.5) is 0 Å². The minimum Gasteiger partial charge on any atom is -0.463 e. The third kappa shape index (κ3) is 10.6. The summed E-state index contributed by atoms with van der Waals surface area (Å²) in [5.41, 5.74) is 3.97. The molecule has 0 heterocycles. The maximum atomic E-state index is 11.4. The van der Waals surface area contributed by atoms with Gasteiger partial charge in [-0.1, -0.05) is 35.8 Å². The molecule has 0 N–H and O–H groups in total. The van der Waals surface area contributed by atoms with Crippen LogP contribution in [0.15, 0.2) is 34.9 Å². The van der Waals surface area contributed by atoms with E-state index >= 15 is 0 Å². The molecule has 0 saturated carbocycles. The average molecular weight is 278 g/mol. The number of hydrogen-bond donors (Lipinski definition) is 0. The summed E-state index contributed by atoms with van der Waals surface area (Å²) in [5.74, 6) is -0.214. The van der Waals surface area contributed by atoms with Gasteiger partial charge in [-0.05, 0) is 59.8 Å². The first-order valence-electron chi connectivity index (χ1n) is 7.64. The van der Waals surface area contributed by atoms with Crippen LogP contribution in [0.25, 0.3) is 0 Å². The third-order valence-corrected chi connectivity index (χ3v) is 3.11.